The largest absolute Gasteiger partial charge is 0.423 e. The maximum Gasteiger partial charge on any atom is 0.336 e. The van der Waals surface area contributed by atoms with Crippen molar-refractivity contribution in [3.05, 3.63) is 81.3 Å². The lowest BCUT2D eigenvalue weighted by Crippen LogP contribution is -2.36. The molecule has 0 unspecified atom stereocenters. The molecule has 150 valence electrons. The first-order valence-corrected chi connectivity index (χ1v) is 9.55. The van der Waals surface area contributed by atoms with Crippen LogP contribution in [0.5, 0.6) is 0 Å². The average Bonchev–Trinajstić information content (AvgIpc) is 2.97. The van der Waals surface area contributed by atoms with E-state index in [2.05, 4.69) is 5.32 Å². The summed E-state index contributed by atoms with van der Waals surface area (Å²) in [6.45, 7) is -0.451. The summed E-state index contributed by atoms with van der Waals surface area (Å²) in [6, 6.07) is 13.0. The van der Waals surface area contributed by atoms with Crippen molar-refractivity contribution in [2.75, 3.05) is 11.9 Å². The molecule has 1 N–H and O–H groups in total. The van der Waals surface area contributed by atoms with Crippen LogP contribution in [0.15, 0.2) is 68.7 Å². The molecule has 2 heterocycles. The molecule has 4 rings (SSSR count). The van der Waals surface area contributed by atoms with Gasteiger partial charge in [0.15, 0.2) is 0 Å². The minimum atomic E-state index is -0.593. The summed E-state index contributed by atoms with van der Waals surface area (Å²) in [5, 5.41) is 2.66. The first kappa shape index (κ1) is 19.6. The number of benzene rings is 2. The third-order valence-electron chi connectivity index (χ3n) is 4.25. The highest BCUT2D eigenvalue weighted by molar-refractivity contribution is 8.18. The molecule has 9 heteroatoms. The first-order chi connectivity index (χ1) is 14.4. The molecule has 0 atom stereocenters. The van der Waals surface area contributed by atoms with Gasteiger partial charge < -0.3 is 9.73 Å². The summed E-state index contributed by atoms with van der Waals surface area (Å²) in [5.41, 5.74) is 0.883. The molecular weight excluding hydrogens is 411 g/mol. The molecule has 1 fully saturated rings. The fourth-order valence-electron chi connectivity index (χ4n) is 2.84. The summed E-state index contributed by atoms with van der Waals surface area (Å²) < 4.78 is 18.0. The quantitative estimate of drug-likeness (QED) is 0.508. The van der Waals surface area contributed by atoms with E-state index in [0.717, 1.165) is 4.90 Å². The van der Waals surface area contributed by atoms with Gasteiger partial charge in [-0.2, -0.15) is 0 Å². The monoisotopic (exact) mass is 424 g/mol. The van der Waals surface area contributed by atoms with Crippen molar-refractivity contribution in [3.63, 3.8) is 0 Å². The van der Waals surface area contributed by atoms with E-state index in [9.17, 15) is 23.6 Å². The number of halogens is 1. The van der Waals surface area contributed by atoms with E-state index in [4.69, 9.17) is 4.42 Å². The highest BCUT2D eigenvalue weighted by Gasteiger charge is 2.36. The third kappa shape index (κ3) is 4.15. The molecule has 1 aliphatic rings. The molecule has 2 aromatic carbocycles. The summed E-state index contributed by atoms with van der Waals surface area (Å²) in [6.07, 6.45) is 1.47. The van der Waals surface area contributed by atoms with Crippen LogP contribution in [0.1, 0.15) is 5.56 Å². The Labute approximate surface area is 173 Å². The second kappa shape index (κ2) is 7.96. The maximum atomic E-state index is 13.0. The lowest BCUT2D eigenvalue weighted by molar-refractivity contribution is -0.127. The number of nitrogens with zero attached hydrogens (tertiary/aromatic N) is 1. The fourth-order valence-corrected chi connectivity index (χ4v) is 3.68. The minimum absolute atomic E-state index is 0.153. The Bertz CT molecular complexity index is 1270. The lowest BCUT2D eigenvalue weighted by atomic mass is 10.2. The Kier molecular flexibility index (Phi) is 5.20. The Morgan fingerprint density at radius 1 is 1.07 bits per heavy atom. The van der Waals surface area contributed by atoms with Crippen molar-refractivity contribution >= 4 is 51.5 Å². The zero-order valence-electron chi connectivity index (χ0n) is 15.3. The predicted octanol–water partition coefficient (Wildman–Crippen LogP) is 3.61. The van der Waals surface area contributed by atoms with Gasteiger partial charge in [0.2, 0.25) is 5.91 Å². The summed E-state index contributed by atoms with van der Waals surface area (Å²) in [7, 11) is 0. The van der Waals surface area contributed by atoms with Crippen LogP contribution in [0.3, 0.4) is 0 Å². The van der Waals surface area contributed by atoms with E-state index < -0.39 is 35.0 Å². The molecule has 1 aromatic heterocycles. The van der Waals surface area contributed by atoms with Gasteiger partial charge in [0.05, 0.1) is 4.91 Å². The maximum absolute atomic E-state index is 13.0. The van der Waals surface area contributed by atoms with Gasteiger partial charge in [0.25, 0.3) is 11.1 Å². The van der Waals surface area contributed by atoms with Gasteiger partial charge >= 0.3 is 5.63 Å². The molecule has 0 aliphatic carbocycles. The molecule has 0 radical (unpaired) electrons. The highest BCUT2D eigenvalue weighted by atomic mass is 32.2. The first-order valence-electron chi connectivity index (χ1n) is 8.74. The number of thioether (sulfide) groups is 1. The molecule has 1 saturated heterocycles. The van der Waals surface area contributed by atoms with Crippen LogP contribution in [-0.2, 0) is 9.59 Å². The summed E-state index contributed by atoms with van der Waals surface area (Å²) >= 11 is 0.715. The number of anilines is 1. The molecule has 7 nitrogen and oxygen atoms in total. The van der Waals surface area contributed by atoms with Crippen molar-refractivity contribution in [2.45, 2.75) is 0 Å². The summed E-state index contributed by atoms with van der Waals surface area (Å²) in [4.78, 5) is 49.3. The van der Waals surface area contributed by atoms with Gasteiger partial charge in [-0.25, -0.2) is 9.18 Å². The smallest absolute Gasteiger partial charge is 0.336 e. The second-order valence-corrected chi connectivity index (χ2v) is 7.37. The van der Waals surface area contributed by atoms with Crippen molar-refractivity contribution < 1.29 is 23.2 Å². The normalized spacial score (nSPS) is 15.2. The zero-order valence-corrected chi connectivity index (χ0v) is 16.1. The van der Waals surface area contributed by atoms with E-state index in [0.29, 0.717) is 34.0 Å². The molecule has 0 saturated carbocycles. The van der Waals surface area contributed by atoms with Gasteiger partial charge in [-0.05, 0) is 59.8 Å². The van der Waals surface area contributed by atoms with Crippen molar-refractivity contribution in [2.24, 2.45) is 0 Å². The Morgan fingerprint density at radius 2 is 1.83 bits per heavy atom. The van der Waals surface area contributed by atoms with Crippen LogP contribution in [0.25, 0.3) is 17.0 Å². The molecule has 30 heavy (non-hydrogen) atoms. The minimum Gasteiger partial charge on any atom is -0.423 e. The van der Waals surface area contributed by atoms with Crippen LogP contribution >= 0.6 is 11.8 Å². The zero-order chi connectivity index (χ0) is 21.3. The van der Waals surface area contributed by atoms with E-state index in [1.54, 1.807) is 18.2 Å². The molecule has 1 aliphatic heterocycles. The van der Waals surface area contributed by atoms with Crippen LogP contribution < -0.4 is 10.9 Å². The van der Waals surface area contributed by atoms with E-state index >= 15 is 0 Å². The average molecular weight is 424 g/mol. The third-order valence-corrected chi connectivity index (χ3v) is 5.15. The number of imide groups is 1. The van der Waals surface area contributed by atoms with E-state index in [-0.39, 0.29) is 4.91 Å². The standard InChI is InChI=1S/C21H13FN2O5S/c22-14-4-1-12(2-5-14)9-17-20(27)24(21(28)30-17)11-18(25)23-15-6-7-16-13(10-15)3-8-19(26)29-16/h1-10H,11H2,(H,23,25). The van der Waals surface area contributed by atoms with Gasteiger partial charge in [-0.3, -0.25) is 19.3 Å². The van der Waals surface area contributed by atoms with Crippen molar-refractivity contribution in [1.82, 2.24) is 4.90 Å². The SMILES string of the molecule is O=C(CN1C(=O)SC(=Cc2ccc(F)cc2)C1=O)Nc1ccc2oc(=O)ccc2c1. The number of hydrogen-bond donors (Lipinski definition) is 1. The number of nitrogens with one attached hydrogen (secondary N) is 1. The van der Waals surface area contributed by atoms with E-state index in [1.807, 2.05) is 0 Å². The van der Waals surface area contributed by atoms with Gasteiger partial charge in [-0.15, -0.1) is 0 Å². The van der Waals surface area contributed by atoms with Crippen LogP contribution in [0, 0.1) is 5.82 Å². The topological polar surface area (TPSA) is 96.7 Å². The predicted molar refractivity (Wildman–Crippen MR) is 110 cm³/mol. The van der Waals surface area contributed by atoms with Crippen LogP contribution in [0.2, 0.25) is 0 Å². The number of carbonyl (C=O) groups excluding carboxylic acids is 3. The Hall–Kier alpha value is -3.72. The van der Waals surface area contributed by atoms with Crippen LogP contribution in [-0.4, -0.2) is 28.5 Å². The highest BCUT2D eigenvalue weighted by Crippen LogP contribution is 2.32. The number of amides is 3. The molecule has 3 amide bonds. The fraction of sp³-hybridized carbons (Fsp3) is 0.0476. The molecule has 0 spiro atoms. The van der Waals surface area contributed by atoms with Crippen LogP contribution in [0.4, 0.5) is 14.9 Å². The number of rotatable bonds is 4. The lowest BCUT2D eigenvalue weighted by Gasteiger charge is -2.12. The van der Waals surface area contributed by atoms with Gasteiger partial charge in [-0.1, -0.05) is 12.1 Å². The van der Waals surface area contributed by atoms with Gasteiger partial charge in [0.1, 0.15) is 17.9 Å². The van der Waals surface area contributed by atoms with Crippen molar-refractivity contribution in [3.8, 4) is 0 Å². The molecular formula is C21H13FN2O5S. The molecule has 0 bridgehead atoms. The number of fused-ring (bicyclic) bond motifs is 1. The van der Waals surface area contributed by atoms with Gasteiger partial charge in [0, 0.05) is 17.1 Å². The molecule has 3 aromatic rings. The van der Waals surface area contributed by atoms with Crippen molar-refractivity contribution in [1.29, 1.82) is 0 Å². The Balaban J connectivity index is 1.45. The second-order valence-electron chi connectivity index (χ2n) is 6.37. The summed E-state index contributed by atoms with van der Waals surface area (Å²) in [5.74, 6) is -1.56. The number of hydrogen-bond acceptors (Lipinski definition) is 6. The van der Waals surface area contributed by atoms with E-state index in [1.165, 1.54) is 42.5 Å². The number of carbonyl (C=O) groups is 3. The Morgan fingerprint density at radius 3 is 2.60 bits per heavy atom.